The molecule has 3 fully saturated rings. The minimum absolute atomic E-state index is 0.0459. The van der Waals surface area contributed by atoms with Gasteiger partial charge in [0.15, 0.2) is 18.1 Å². The smallest absolute Gasteiger partial charge is 0.340 e. The molecule has 2 bridgehead atoms. The van der Waals surface area contributed by atoms with Gasteiger partial charge >= 0.3 is 5.91 Å². The molecular weight excluding hydrogens is 1170 g/mol. The van der Waals surface area contributed by atoms with Gasteiger partial charge in [0.2, 0.25) is 53.2 Å². The lowest BCUT2D eigenvalue weighted by Crippen LogP contribution is -2.69. The number of rotatable bonds is 18. The van der Waals surface area contributed by atoms with E-state index < -0.39 is 166 Å². The highest BCUT2D eigenvalue weighted by Crippen LogP contribution is 2.50. The largest absolute Gasteiger partial charge is 0.390 e. The van der Waals surface area contributed by atoms with E-state index in [1.54, 1.807) is 34.6 Å². The Hall–Kier alpha value is -6.23. The van der Waals surface area contributed by atoms with Crippen LogP contribution in [-0.2, 0) is 52.7 Å². The first kappa shape index (κ1) is 80.0. The molecule has 15 atom stereocenters. The summed E-state index contributed by atoms with van der Waals surface area (Å²) in [7, 11) is 10.3. The number of aliphatic hydroxyl groups is 1. The van der Waals surface area contributed by atoms with Crippen LogP contribution in [0.5, 0.6) is 0 Å². The normalized spacial score (nSPS) is 30.9. The van der Waals surface area contributed by atoms with Crippen molar-refractivity contribution in [3.63, 3.8) is 0 Å². The second-order valence-electron chi connectivity index (χ2n) is 29.0. The minimum Gasteiger partial charge on any atom is -0.390 e. The summed E-state index contributed by atoms with van der Waals surface area (Å²) in [5, 5.41) is 20.9. The summed E-state index contributed by atoms with van der Waals surface area (Å²) in [6.45, 7) is 33.3. The van der Waals surface area contributed by atoms with Gasteiger partial charge in [0.25, 0.3) is 5.91 Å². The SMILES string of the molecule is C=CCC1C(=O)N(C)[C@@H](CCC(C)C)C(=O)N[C@@H](C(C)C)C(=O)N(C)[C@@H](CC(C)C)C(=O)N[C@@H](C)C(=O)N[C@H](C)C(=O)N(C)[C@@H](CCC(C)C)C(=O)N(C)[C@@H](CCC(C)C)C(=O)N(C)[C@@H](C(C)C)C(=O)N(C)C2C(=O)[N+]3(CC3C(C/C=C/C)[C@H]2O)[C@@H](CC)C(=O)N1C. The maximum atomic E-state index is 15.7. The fourth-order valence-corrected chi connectivity index (χ4v) is 13.6. The van der Waals surface area contributed by atoms with E-state index in [0.717, 1.165) is 0 Å². The predicted octanol–water partition coefficient (Wildman–Crippen LogP) is 4.99. The van der Waals surface area contributed by atoms with Gasteiger partial charge in [0.1, 0.15) is 60.9 Å². The van der Waals surface area contributed by atoms with Gasteiger partial charge in [0.05, 0.1) is 6.10 Å². The molecule has 0 saturated carbocycles. The predicted molar refractivity (Wildman–Crippen MR) is 356 cm³/mol. The molecule has 0 radical (unpaired) electrons. The van der Waals surface area contributed by atoms with Crippen molar-refractivity contribution in [2.45, 2.75) is 254 Å². The topological polar surface area (TPSA) is 267 Å². The van der Waals surface area contributed by atoms with Crippen LogP contribution in [0.2, 0.25) is 0 Å². The number of nitrogens with zero attached hydrogens (tertiary/aromatic N) is 8. The van der Waals surface area contributed by atoms with Crippen LogP contribution in [0.1, 0.15) is 175 Å². The second-order valence-corrected chi connectivity index (χ2v) is 29.0. The minimum atomic E-state index is -1.49. The number of allylic oxidation sites excluding steroid dienone is 2. The molecule has 0 aromatic heterocycles. The first-order valence-electron chi connectivity index (χ1n) is 33.8. The summed E-state index contributed by atoms with van der Waals surface area (Å²) in [6.07, 6.45) is 6.38. The molecule has 0 aliphatic carbocycles. The maximum Gasteiger partial charge on any atom is 0.340 e. The summed E-state index contributed by atoms with van der Waals surface area (Å²) in [4.78, 5) is 174. The summed E-state index contributed by atoms with van der Waals surface area (Å²) in [5.74, 6) is -8.37. The summed E-state index contributed by atoms with van der Waals surface area (Å²) in [6, 6.07) is -13.8. The van der Waals surface area contributed by atoms with E-state index in [-0.39, 0.29) is 68.7 Å². The van der Waals surface area contributed by atoms with E-state index >= 15 is 28.8 Å². The van der Waals surface area contributed by atoms with Gasteiger partial charge in [-0.25, -0.2) is 9.28 Å². The van der Waals surface area contributed by atoms with Gasteiger partial charge in [-0.3, -0.25) is 47.9 Å². The zero-order valence-corrected chi connectivity index (χ0v) is 60.3. The van der Waals surface area contributed by atoms with Crippen molar-refractivity contribution < 1.29 is 62.3 Å². The van der Waals surface area contributed by atoms with E-state index in [0.29, 0.717) is 25.7 Å². The zero-order valence-electron chi connectivity index (χ0n) is 60.3. The Morgan fingerprint density at radius 2 is 0.957 bits per heavy atom. The van der Waals surface area contributed by atoms with E-state index in [1.807, 2.05) is 74.5 Å². The number of carbonyl (C=O) groups excluding carboxylic acids is 11. The standard InChI is InChI=1S/C69H119N11O12/c1-25-28-30-47-54-38-80(54)53(27-3)66(89)76(21)49(29-26-2)63(86)73(18)48(34-31-39(4)5)60(83)72-55(43(12)13)67(90)77(22)52(37-42(10)11)61(84)70-45(16)59(82)71-46(17)62(85)74(19)50(35-32-40(6)7)64(87)75(20)51(36-33-41(8)9)65(88)78(23)56(44(14)15)68(91)79(24)57(58(47)81)69(80)92/h25-26,28,39-58,81H,2,27,29-38H2,1,3-24H3,(H2-,70,71,72,82,83,84)/p+1/b28-25+/t45-,46+,47?,48-,49?,50-,51-,52-,53-,54?,55-,56-,57?,58+,80?/m0/s1. The molecule has 1 spiro atoms. The number of amides is 11. The lowest BCUT2D eigenvalue weighted by atomic mass is 9.84. The number of hydrogen-bond acceptors (Lipinski definition) is 12. The van der Waals surface area contributed by atoms with Crippen LogP contribution in [0.25, 0.3) is 0 Å². The molecule has 0 aromatic carbocycles. The molecule has 4 N–H and O–H groups in total. The maximum absolute atomic E-state index is 15.7. The zero-order chi connectivity index (χ0) is 70.5. The third-order valence-corrected chi connectivity index (χ3v) is 19.5. The number of quaternary nitrogens is 1. The van der Waals surface area contributed by atoms with E-state index in [2.05, 4.69) is 22.5 Å². The van der Waals surface area contributed by atoms with Gasteiger partial charge in [-0.2, -0.15) is 0 Å². The summed E-state index contributed by atoms with van der Waals surface area (Å²) in [5.41, 5.74) is 0. The highest BCUT2D eigenvalue weighted by molar-refractivity contribution is 5.99. The third-order valence-electron chi connectivity index (χ3n) is 19.5. The van der Waals surface area contributed by atoms with Crippen LogP contribution in [0.4, 0.5) is 0 Å². The first-order chi connectivity index (χ1) is 42.7. The van der Waals surface area contributed by atoms with E-state index in [4.69, 9.17) is 0 Å². The Bertz CT molecular complexity index is 2640. The van der Waals surface area contributed by atoms with Gasteiger partial charge in [0, 0.05) is 61.7 Å². The fraction of sp³-hybridized carbons (Fsp3) is 0.783. The molecule has 522 valence electrons. The van der Waals surface area contributed by atoms with Crippen LogP contribution in [-0.4, -0.2) is 243 Å². The van der Waals surface area contributed by atoms with Crippen molar-refractivity contribution in [1.29, 1.82) is 0 Å². The molecule has 3 aliphatic heterocycles. The molecule has 92 heavy (non-hydrogen) atoms. The molecule has 23 nitrogen and oxygen atoms in total. The monoisotopic (exact) mass is 1290 g/mol. The molecule has 3 saturated heterocycles. The van der Waals surface area contributed by atoms with Crippen LogP contribution < -0.4 is 16.0 Å². The number of carbonyl (C=O) groups is 11. The second kappa shape index (κ2) is 34.8. The lowest BCUT2D eigenvalue weighted by molar-refractivity contribution is -0.763. The highest BCUT2D eigenvalue weighted by Gasteiger charge is 2.76. The highest BCUT2D eigenvalue weighted by atomic mass is 16.3. The number of hydrogen-bond donors (Lipinski definition) is 4. The number of fused-ring (bicyclic) bond motifs is 1. The Morgan fingerprint density at radius 3 is 1.42 bits per heavy atom. The van der Waals surface area contributed by atoms with Crippen molar-refractivity contribution in [1.82, 2.24) is 50.2 Å². The number of piperidine rings is 1. The van der Waals surface area contributed by atoms with Gasteiger partial charge in [-0.1, -0.05) is 108 Å². The first-order valence-corrected chi connectivity index (χ1v) is 33.8. The van der Waals surface area contributed by atoms with Gasteiger partial charge < -0.3 is 55.4 Å². The summed E-state index contributed by atoms with van der Waals surface area (Å²) < 4.78 is -0.408. The third kappa shape index (κ3) is 18.8. The summed E-state index contributed by atoms with van der Waals surface area (Å²) >= 11 is 0. The Balaban J connectivity index is 2.41. The Morgan fingerprint density at radius 1 is 0.511 bits per heavy atom. The fourth-order valence-electron chi connectivity index (χ4n) is 13.6. The number of nitrogens with one attached hydrogen (secondary N) is 3. The molecule has 3 rings (SSSR count). The molecule has 5 unspecified atom stereocenters. The van der Waals surface area contributed by atoms with Crippen molar-refractivity contribution in [3.8, 4) is 0 Å². The van der Waals surface area contributed by atoms with Crippen molar-refractivity contribution in [2.75, 3.05) is 55.9 Å². The quantitative estimate of drug-likeness (QED) is 0.0804. The van der Waals surface area contributed by atoms with Crippen LogP contribution in [0.15, 0.2) is 24.8 Å². The van der Waals surface area contributed by atoms with Gasteiger partial charge in [-0.05, 0) is 114 Å². The van der Waals surface area contributed by atoms with Crippen LogP contribution >= 0.6 is 0 Å². The van der Waals surface area contributed by atoms with E-state index in [1.165, 1.54) is 104 Å². The molecule has 11 amide bonds. The van der Waals surface area contributed by atoms with Crippen molar-refractivity contribution in [3.05, 3.63) is 24.8 Å². The molecule has 0 aromatic rings. The molecule has 23 heteroatoms. The van der Waals surface area contributed by atoms with Crippen LogP contribution in [0.3, 0.4) is 0 Å². The van der Waals surface area contributed by atoms with Gasteiger partial charge in [-0.15, -0.1) is 6.58 Å². The molecule has 3 heterocycles. The van der Waals surface area contributed by atoms with Crippen molar-refractivity contribution >= 4 is 65.0 Å². The van der Waals surface area contributed by atoms with Crippen LogP contribution in [0, 0.1) is 41.4 Å². The molecular formula is C69H120N11O12+. The molecule has 3 aliphatic rings. The average Bonchev–Trinajstić information content (AvgIpc) is 1.52. The number of aliphatic hydroxyl groups excluding tert-OH is 1. The van der Waals surface area contributed by atoms with E-state index in [9.17, 15) is 29.1 Å². The Labute approximate surface area is 551 Å². The lowest BCUT2D eigenvalue weighted by Gasteiger charge is -2.44. The Kier molecular flexibility index (Phi) is 30.3. The average molecular weight is 1300 g/mol. The van der Waals surface area contributed by atoms with Crippen molar-refractivity contribution in [2.24, 2.45) is 41.4 Å². The number of likely N-dealkylation sites (N-methyl/N-ethyl adjacent to an activating group) is 7.